The Kier molecular flexibility index (Phi) is 6.09. The predicted octanol–water partition coefficient (Wildman–Crippen LogP) is 5.11. The molecule has 34 heavy (non-hydrogen) atoms. The van der Waals surface area contributed by atoms with Gasteiger partial charge < -0.3 is 5.32 Å². The molecule has 1 N–H and O–H groups in total. The quantitative estimate of drug-likeness (QED) is 0.415. The van der Waals surface area contributed by atoms with Crippen LogP contribution in [0.1, 0.15) is 58.4 Å². The van der Waals surface area contributed by atoms with Crippen molar-refractivity contribution in [1.29, 1.82) is 0 Å². The maximum Gasteiger partial charge on any atom is 0.435 e. The van der Waals surface area contributed by atoms with Gasteiger partial charge in [-0.3, -0.25) is 19.4 Å². The van der Waals surface area contributed by atoms with Crippen molar-refractivity contribution >= 4 is 5.91 Å². The Labute approximate surface area is 190 Å². The molecule has 0 saturated carbocycles. The molecule has 0 radical (unpaired) electrons. The molecule has 180 valence electrons. The Hall–Kier alpha value is -3.44. The van der Waals surface area contributed by atoms with E-state index in [1.54, 1.807) is 12.1 Å². The van der Waals surface area contributed by atoms with Gasteiger partial charge in [0.05, 0.1) is 11.7 Å². The number of carbonyl (C=O) groups excluding carboxylic acids is 1. The first-order chi connectivity index (χ1) is 15.9. The lowest BCUT2D eigenvalue weighted by Crippen LogP contribution is -2.30. The number of alkyl halides is 6. The largest absolute Gasteiger partial charge is 0.435 e. The van der Waals surface area contributed by atoms with E-state index in [-0.39, 0.29) is 11.3 Å². The second-order valence-electron chi connectivity index (χ2n) is 7.97. The molecule has 0 spiro atoms. The summed E-state index contributed by atoms with van der Waals surface area (Å²) in [6, 6.07) is 5.78. The van der Waals surface area contributed by atoms with Crippen molar-refractivity contribution in [2.24, 2.45) is 7.05 Å². The number of rotatable bonds is 3. The van der Waals surface area contributed by atoms with Crippen molar-refractivity contribution in [3.63, 3.8) is 0 Å². The smallest absolute Gasteiger partial charge is 0.344 e. The number of fused-ring (bicyclic) bond motifs is 1. The van der Waals surface area contributed by atoms with Crippen molar-refractivity contribution in [2.45, 2.75) is 44.1 Å². The normalized spacial score (nSPS) is 16.6. The van der Waals surface area contributed by atoms with Crippen LogP contribution in [0.25, 0.3) is 11.3 Å². The number of halogens is 6. The first-order valence-electron chi connectivity index (χ1n) is 10.4. The molecule has 0 fully saturated rings. The average molecular weight is 483 g/mol. The van der Waals surface area contributed by atoms with Crippen molar-refractivity contribution in [1.82, 2.24) is 25.1 Å². The summed E-state index contributed by atoms with van der Waals surface area (Å²) in [5.74, 6) is -0.712. The van der Waals surface area contributed by atoms with E-state index < -0.39 is 35.7 Å². The lowest BCUT2D eigenvalue weighted by atomic mass is 10.0. The van der Waals surface area contributed by atoms with Crippen LogP contribution in [0.4, 0.5) is 26.3 Å². The van der Waals surface area contributed by atoms with Gasteiger partial charge in [-0.2, -0.15) is 31.4 Å². The fourth-order valence-corrected chi connectivity index (χ4v) is 3.93. The van der Waals surface area contributed by atoms with Gasteiger partial charge in [-0.15, -0.1) is 0 Å². The molecule has 1 atom stereocenters. The third kappa shape index (κ3) is 4.90. The van der Waals surface area contributed by atoms with Crippen LogP contribution >= 0.6 is 0 Å². The minimum Gasteiger partial charge on any atom is -0.344 e. The van der Waals surface area contributed by atoms with Crippen LogP contribution in [0.15, 0.2) is 36.5 Å². The third-order valence-electron chi connectivity index (χ3n) is 5.60. The molecule has 3 aromatic heterocycles. The zero-order valence-electron chi connectivity index (χ0n) is 17.8. The summed E-state index contributed by atoms with van der Waals surface area (Å²) in [5, 5.41) is 6.12. The van der Waals surface area contributed by atoms with Crippen LogP contribution in [0, 0.1) is 0 Å². The molecular weight excluding hydrogens is 464 g/mol. The second-order valence-corrected chi connectivity index (χ2v) is 7.97. The highest BCUT2D eigenvalue weighted by Crippen LogP contribution is 2.33. The summed E-state index contributed by atoms with van der Waals surface area (Å²) in [6.45, 7) is 0. The van der Waals surface area contributed by atoms with Gasteiger partial charge in [-0.1, -0.05) is 12.5 Å². The summed E-state index contributed by atoms with van der Waals surface area (Å²) in [4.78, 5) is 20.6. The van der Waals surface area contributed by atoms with Gasteiger partial charge in [0.1, 0.15) is 11.4 Å². The van der Waals surface area contributed by atoms with E-state index in [9.17, 15) is 31.1 Å². The predicted molar refractivity (Wildman–Crippen MR) is 108 cm³/mol. The van der Waals surface area contributed by atoms with Gasteiger partial charge in [-0.05, 0) is 43.0 Å². The maximum absolute atomic E-state index is 13.0. The maximum atomic E-state index is 13.0. The fraction of sp³-hybridized carbons (Fsp3) is 0.364. The Morgan fingerprint density at radius 2 is 1.76 bits per heavy atom. The number of carbonyl (C=O) groups is 1. The van der Waals surface area contributed by atoms with Crippen molar-refractivity contribution in [2.75, 3.05) is 0 Å². The number of hydrogen-bond acceptors (Lipinski definition) is 4. The van der Waals surface area contributed by atoms with E-state index >= 15 is 0 Å². The molecular formula is C22H19F6N5O. The van der Waals surface area contributed by atoms with E-state index in [2.05, 4.69) is 20.4 Å². The summed E-state index contributed by atoms with van der Waals surface area (Å²) in [5.41, 5.74) is -0.544. The van der Waals surface area contributed by atoms with E-state index in [1.165, 1.54) is 13.1 Å². The number of pyridine rings is 2. The number of nitrogens with one attached hydrogen (secondary N) is 1. The SMILES string of the molecule is Cn1nc(C(F)(F)F)cc1C(=O)N[C@@H]1CCCCc2nc(-c3ccnc(C(F)(F)F)c3)ccc21. The molecule has 3 aromatic rings. The number of aromatic nitrogens is 4. The minimum absolute atomic E-state index is 0.237. The first kappa shape index (κ1) is 23.7. The topological polar surface area (TPSA) is 72.7 Å². The summed E-state index contributed by atoms with van der Waals surface area (Å²) in [7, 11) is 1.25. The van der Waals surface area contributed by atoms with Gasteiger partial charge in [0.25, 0.3) is 5.91 Å². The average Bonchev–Trinajstić information content (AvgIpc) is 3.07. The Balaban J connectivity index is 1.61. The van der Waals surface area contributed by atoms with Crippen LogP contribution in [-0.4, -0.2) is 25.7 Å². The lowest BCUT2D eigenvalue weighted by Gasteiger charge is -2.19. The Bertz CT molecular complexity index is 1220. The molecule has 1 aliphatic rings. The molecule has 0 aromatic carbocycles. The highest BCUT2D eigenvalue weighted by atomic mass is 19.4. The highest BCUT2D eigenvalue weighted by molar-refractivity contribution is 5.93. The van der Waals surface area contributed by atoms with Crippen LogP contribution in [0.3, 0.4) is 0 Å². The monoisotopic (exact) mass is 483 g/mol. The van der Waals surface area contributed by atoms with Gasteiger partial charge in [-0.25, -0.2) is 0 Å². The molecule has 0 aliphatic heterocycles. The van der Waals surface area contributed by atoms with Gasteiger partial charge in [0.2, 0.25) is 0 Å². The third-order valence-corrected chi connectivity index (χ3v) is 5.60. The molecule has 3 heterocycles. The van der Waals surface area contributed by atoms with E-state index in [4.69, 9.17) is 0 Å². The summed E-state index contributed by atoms with van der Waals surface area (Å²) < 4.78 is 78.8. The summed E-state index contributed by atoms with van der Waals surface area (Å²) >= 11 is 0. The number of hydrogen-bond donors (Lipinski definition) is 1. The van der Waals surface area contributed by atoms with Gasteiger partial charge >= 0.3 is 12.4 Å². The number of amides is 1. The highest BCUT2D eigenvalue weighted by Gasteiger charge is 2.36. The number of aryl methyl sites for hydroxylation is 2. The summed E-state index contributed by atoms with van der Waals surface area (Å²) in [6.07, 6.45) is -5.64. The standard InChI is InChI=1S/C22H19F6N5O/c1-33-17(11-19(32-33)22(26,27)28)20(34)31-16-5-3-2-4-15-13(16)6-7-14(30-15)12-8-9-29-18(10-12)21(23,24)25/h6-11,16H,2-5H2,1H3,(H,31,34)/t16-/m1/s1. The minimum atomic E-state index is -4.68. The molecule has 1 amide bonds. The second kappa shape index (κ2) is 8.73. The zero-order chi connectivity index (χ0) is 24.7. The van der Waals surface area contributed by atoms with Crippen molar-refractivity contribution in [3.8, 4) is 11.3 Å². The van der Waals surface area contributed by atoms with E-state index in [0.29, 0.717) is 35.9 Å². The van der Waals surface area contributed by atoms with Gasteiger partial charge in [0.15, 0.2) is 5.69 Å². The number of nitrogens with zero attached hydrogens (tertiary/aromatic N) is 4. The van der Waals surface area contributed by atoms with Crippen LogP contribution in [0.2, 0.25) is 0 Å². The molecule has 0 unspecified atom stereocenters. The van der Waals surface area contributed by atoms with Crippen LogP contribution in [-0.2, 0) is 25.8 Å². The molecule has 0 saturated heterocycles. The van der Waals surface area contributed by atoms with Crippen LogP contribution in [0.5, 0.6) is 0 Å². The van der Waals surface area contributed by atoms with E-state index in [1.807, 2.05) is 0 Å². The molecule has 4 rings (SSSR count). The van der Waals surface area contributed by atoms with Crippen molar-refractivity contribution < 1.29 is 31.1 Å². The first-order valence-corrected chi connectivity index (χ1v) is 10.4. The molecule has 1 aliphatic carbocycles. The Morgan fingerprint density at radius 3 is 2.44 bits per heavy atom. The molecule has 0 bridgehead atoms. The van der Waals surface area contributed by atoms with E-state index in [0.717, 1.165) is 29.8 Å². The molecule has 12 heteroatoms. The fourth-order valence-electron chi connectivity index (χ4n) is 3.93. The zero-order valence-corrected chi connectivity index (χ0v) is 17.8. The Morgan fingerprint density at radius 1 is 1.03 bits per heavy atom. The van der Waals surface area contributed by atoms with Crippen LogP contribution < -0.4 is 5.32 Å². The van der Waals surface area contributed by atoms with Gasteiger partial charge in [0, 0.05) is 30.6 Å². The van der Waals surface area contributed by atoms with Crippen molar-refractivity contribution in [3.05, 3.63) is 64.9 Å². The molecule has 6 nitrogen and oxygen atoms in total. The lowest BCUT2D eigenvalue weighted by molar-refractivity contribution is -0.142.